The Morgan fingerprint density at radius 1 is 1.12 bits per heavy atom. The first-order chi connectivity index (χ1) is 15.5. The molecule has 6 nitrogen and oxygen atoms in total. The average Bonchev–Trinajstić information content (AvgIpc) is 3.22. The molecule has 0 aliphatic rings. The van der Waals surface area contributed by atoms with Crippen LogP contribution in [-0.2, 0) is 9.53 Å². The van der Waals surface area contributed by atoms with Crippen LogP contribution in [0, 0.1) is 18.3 Å². The molecule has 3 rings (SSSR count). The zero-order valence-corrected chi connectivity index (χ0v) is 18.8. The number of esters is 1. The number of hydrogen-bond acceptors (Lipinski definition) is 6. The first-order valence-corrected chi connectivity index (χ1v) is 10.8. The summed E-state index contributed by atoms with van der Waals surface area (Å²) in [4.78, 5) is 25.5. The highest BCUT2D eigenvalue weighted by molar-refractivity contribution is 7.15. The molecule has 7 heteroatoms. The molecule has 0 spiro atoms. The predicted molar refractivity (Wildman–Crippen MR) is 126 cm³/mol. The zero-order chi connectivity index (χ0) is 23.1. The van der Waals surface area contributed by atoms with Crippen molar-refractivity contribution in [2.75, 3.05) is 19.0 Å². The van der Waals surface area contributed by atoms with Crippen LogP contribution in [0.4, 0.5) is 5.00 Å². The fourth-order valence-corrected chi connectivity index (χ4v) is 3.94. The number of carbonyl (C=O) groups is 2. The molecule has 0 saturated heterocycles. The second-order valence-corrected chi connectivity index (χ2v) is 7.72. The number of amides is 1. The number of ether oxygens (including phenoxy) is 2. The van der Waals surface area contributed by atoms with Crippen molar-refractivity contribution in [1.82, 2.24) is 0 Å². The number of nitriles is 1. The zero-order valence-electron chi connectivity index (χ0n) is 18.0. The molecule has 1 aromatic heterocycles. The van der Waals surface area contributed by atoms with Crippen molar-refractivity contribution in [2.24, 2.45) is 0 Å². The number of thiophene rings is 1. The Kier molecular flexibility index (Phi) is 7.42. The largest absolute Gasteiger partial charge is 0.497 e. The summed E-state index contributed by atoms with van der Waals surface area (Å²) in [5.41, 5.74) is 3.41. The Bertz CT molecular complexity index is 1190. The molecule has 0 aliphatic heterocycles. The monoisotopic (exact) mass is 446 g/mol. The molecule has 0 bridgehead atoms. The Labute approximate surface area is 190 Å². The van der Waals surface area contributed by atoms with Crippen molar-refractivity contribution >= 4 is 34.3 Å². The van der Waals surface area contributed by atoms with Crippen molar-refractivity contribution in [3.63, 3.8) is 0 Å². The highest BCUT2D eigenvalue weighted by Gasteiger charge is 2.23. The number of benzene rings is 2. The minimum absolute atomic E-state index is 0.0666. The van der Waals surface area contributed by atoms with Crippen LogP contribution in [0.15, 0.2) is 59.5 Å². The third-order valence-electron chi connectivity index (χ3n) is 4.65. The summed E-state index contributed by atoms with van der Waals surface area (Å²) in [5, 5.41) is 14.3. The summed E-state index contributed by atoms with van der Waals surface area (Å²) in [5.74, 6) is -0.451. The normalized spacial score (nSPS) is 10.9. The number of methoxy groups -OCH3 is 1. The van der Waals surface area contributed by atoms with E-state index in [0.29, 0.717) is 16.3 Å². The highest BCUT2D eigenvalue weighted by atomic mass is 32.1. The first-order valence-electron chi connectivity index (χ1n) is 9.89. The lowest BCUT2D eigenvalue weighted by atomic mass is 10.0. The van der Waals surface area contributed by atoms with Crippen LogP contribution < -0.4 is 10.1 Å². The summed E-state index contributed by atoms with van der Waals surface area (Å²) >= 11 is 1.20. The lowest BCUT2D eigenvalue weighted by Gasteiger charge is -2.09. The fourth-order valence-electron chi connectivity index (χ4n) is 2.99. The summed E-state index contributed by atoms with van der Waals surface area (Å²) < 4.78 is 10.4. The summed E-state index contributed by atoms with van der Waals surface area (Å²) in [6, 6.07) is 16.6. The van der Waals surface area contributed by atoms with Crippen molar-refractivity contribution in [3.05, 3.63) is 76.2 Å². The molecule has 3 aromatic rings. The van der Waals surface area contributed by atoms with Crippen LogP contribution in [0.1, 0.15) is 28.4 Å². The number of carbonyl (C=O) groups excluding carboxylic acids is 2. The van der Waals surface area contributed by atoms with Gasteiger partial charge in [0.2, 0.25) is 0 Å². The topological polar surface area (TPSA) is 88.4 Å². The Hall–Kier alpha value is -3.89. The first kappa shape index (κ1) is 22.8. The van der Waals surface area contributed by atoms with Gasteiger partial charge in [-0.2, -0.15) is 5.26 Å². The lowest BCUT2D eigenvalue weighted by molar-refractivity contribution is -0.112. The van der Waals surface area contributed by atoms with Crippen LogP contribution in [0.2, 0.25) is 0 Å². The van der Waals surface area contributed by atoms with E-state index in [1.165, 1.54) is 17.4 Å². The molecule has 0 saturated carbocycles. The molecule has 1 heterocycles. The standard InChI is InChI=1S/C25H22N2O4S/c1-4-31-25(29)22-21(18-9-11-20(30-3)12-10-18)15-32-24(22)27-23(28)19(14-26)13-17-7-5-16(2)6-8-17/h5-13,15H,4H2,1-3H3,(H,27,28). The van der Waals surface area contributed by atoms with E-state index in [0.717, 1.165) is 16.7 Å². The summed E-state index contributed by atoms with van der Waals surface area (Å²) in [6.07, 6.45) is 1.51. The van der Waals surface area contributed by atoms with E-state index in [1.54, 1.807) is 31.5 Å². The van der Waals surface area contributed by atoms with Gasteiger partial charge in [0.25, 0.3) is 5.91 Å². The van der Waals surface area contributed by atoms with Crippen LogP contribution >= 0.6 is 11.3 Å². The number of nitrogens with zero attached hydrogens (tertiary/aromatic N) is 1. The third-order valence-corrected chi connectivity index (χ3v) is 5.55. The maximum absolute atomic E-state index is 12.8. The molecule has 2 aromatic carbocycles. The molecule has 162 valence electrons. The van der Waals surface area contributed by atoms with Gasteiger partial charge in [-0.25, -0.2) is 4.79 Å². The van der Waals surface area contributed by atoms with Gasteiger partial charge in [-0.3, -0.25) is 4.79 Å². The van der Waals surface area contributed by atoms with E-state index < -0.39 is 11.9 Å². The molecule has 0 aliphatic carbocycles. The SMILES string of the molecule is CCOC(=O)c1c(-c2ccc(OC)cc2)csc1NC(=O)C(C#N)=Cc1ccc(C)cc1. The van der Waals surface area contributed by atoms with E-state index in [2.05, 4.69) is 5.32 Å². The number of anilines is 1. The Morgan fingerprint density at radius 2 is 1.81 bits per heavy atom. The van der Waals surface area contributed by atoms with Crippen LogP contribution in [0.3, 0.4) is 0 Å². The van der Waals surface area contributed by atoms with Crippen molar-refractivity contribution in [3.8, 4) is 22.9 Å². The van der Waals surface area contributed by atoms with Gasteiger partial charge in [0.15, 0.2) is 0 Å². The molecule has 0 unspecified atom stereocenters. The lowest BCUT2D eigenvalue weighted by Crippen LogP contribution is -2.16. The molecular formula is C25H22N2O4S. The van der Waals surface area contributed by atoms with E-state index in [9.17, 15) is 14.9 Å². The predicted octanol–water partition coefficient (Wildman–Crippen LogP) is 5.45. The maximum Gasteiger partial charge on any atom is 0.341 e. The summed E-state index contributed by atoms with van der Waals surface area (Å²) in [6.45, 7) is 3.87. The van der Waals surface area contributed by atoms with Gasteiger partial charge < -0.3 is 14.8 Å². The second-order valence-electron chi connectivity index (χ2n) is 6.84. The Balaban J connectivity index is 1.95. The van der Waals surface area contributed by atoms with Gasteiger partial charge in [0.05, 0.1) is 13.7 Å². The van der Waals surface area contributed by atoms with Crippen LogP contribution in [0.25, 0.3) is 17.2 Å². The van der Waals surface area contributed by atoms with Gasteiger partial charge in [-0.15, -0.1) is 11.3 Å². The molecule has 1 N–H and O–H groups in total. The van der Waals surface area contributed by atoms with E-state index in [4.69, 9.17) is 9.47 Å². The smallest absolute Gasteiger partial charge is 0.341 e. The van der Waals surface area contributed by atoms with Crippen molar-refractivity contribution < 1.29 is 19.1 Å². The minimum Gasteiger partial charge on any atom is -0.497 e. The number of rotatable bonds is 7. The van der Waals surface area contributed by atoms with Gasteiger partial charge in [-0.1, -0.05) is 42.0 Å². The maximum atomic E-state index is 12.8. The minimum atomic E-state index is -0.596. The number of aryl methyl sites for hydroxylation is 1. The quantitative estimate of drug-likeness (QED) is 0.296. The fraction of sp³-hybridized carbons (Fsp3) is 0.160. The summed E-state index contributed by atoms with van der Waals surface area (Å²) in [7, 11) is 1.58. The van der Waals surface area contributed by atoms with Gasteiger partial charge >= 0.3 is 5.97 Å². The average molecular weight is 447 g/mol. The van der Waals surface area contributed by atoms with Crippen LogP contribution in [0.5, 0.6) is 5.75 Å². The molecule has 32 heavy (non-hydrogen) atoms. The second kappa shape index (κ2) is 10.4. The van der Waals surface area contributed by atoms with Crippen molar-refractivity contribution in [1.29, 1.82) is 5.26 Å². The van der Waals surface area contributed by atoms with Crippen LogP contribution in [-0.4, -0.2) is 25.6 Å². The molecule has 0 atom stereocenters. The molecule has 1 amide bonds. The Morgan fingerprint density at radius 3 is 2.41 bits per heavy atom. The van der Waals surface area contributed by atoms with E-state index in [-0.39, 0.29) is 17.7 Å². The number of nitrogens with one attached hydrogen (secondary N) is 1. The molecule has 0 fully saturated rings. The van der Waals surface area contributed by atoms with E-state index in [1.807, 2.05) is 49.4 Å². The molecule has 0 radical (unpaired) electrons. The third kappa shape index (κ3) is 5.23. The number of hydrogen-bond donors (Lipinski definition) is 1. The van der Waals surface area contributed by atoms with E-state index >= 15 is 0 Å². The highest BCUT2D eigenvalue weighted by Crippen LogP contribution is 2.37. The van der Waals surface area contributed by atoms with Crippen molar-refractivity contribution in [2.45, 2.75) is 13.8 Å². The van der Waals surface area contributed by atoms with Gasteiger partial charge in [0, 0.05) is 10.9 Å². The molecular weight excluding hydrogens is 424 g/mol. The van der Waals surface area contributed by atoms with Gasteiger partial charge in [0.1, 0.15) is 28.0 Å². The van der Waals surface area contributed by atoms with Gasteiger partial charge in [-0.05, 0) is 43.2 Å².